The van der Waals surface area contributed by atoms with Gasteiger partial charge in [-0.15, -0.1) is 0 Å². The molecule has 1 aromatic rings. The van der Waals surface area contributed by atoms with Gasteiger partial charge in [-0.1, -0.05) is 11.6 Å². The van der Waals surface area contributed by atoms with Crippen molar-refractivity contribution < 1.29 is 10.0 Å². The molecule has 1 unspecified atom stereocenters. The summed E-state index contributed by atoms with van der Waals surface area (Å²) in [6, 6.07) is 1.31. The Bertz CT molecular complexity index is 493. The lowest BCUT2D eigenvalue weighted by Gasteiger charge is -2.23. The summed E-state index contributed by atoms with van der Waals surface area (Å²) >= 11 is 5.75. The van der Waals surface area contributed by atoms with E-state index in [1.807, 2.05) is 4.90 Å². The van der Waals surface area contributed by atoms with E-state index < -0.39 is 10.5 Å². The molecule has 1 aliphatic rings. The zero-order valence-corrected chi connectivity index (χ0v) is 11.4. The van der Waals surface area contributed by atoms with Gasteiger partial charge >= 0.3 is 5.69 Å². The molecule has 0 aliphatic carbocycles. The van der Waals surface area contributed by atoms with Gasteiger partial charge < -0.3 is 10.0 Å². The predicted molar refractivity (Wildman–Crippen MR) is 72.6 cm³/mol. The maximum Gasteiger partial charge on any atom is 0.313 e. The van der Waals surface area contributed by atoms with Gasteiger partial charge in [-0.2, -0.15) is 0 Å². The number of anilines is 1. The summed E-state index contributed by atoms with van der Waals surface area (Å²) in [5, 5.41) is 21.3. The Balaban J connectivity index is 2.29. The lowest BCUT2D eigenvalue weighted by molar-refractivity contribution is -0.384. The molecule has 0 amide bonds. The molecule has 104 valence electrons. The van der Waals surface area contributed by atoms with Crippen LogP contribution in [0.5, 0.6) is 0 Å². The highest BCUT2D eigenvalue weighted by Gasteiger charge is 2.28. The van der Waals surface area contributed by atoms with E-state index in [4.69, 9.17) is 11.6 Å². The smallest absolute Gasteiger partial charge is 0.313 e. The van der Waals surface area contributed by atoms with E-state index in [0.29, 0.717) is 31.7 Å². The molecule has 2 rings (SSSR count). The monoisotopic (exact) mass is 285 g/mol. The number of hydrogen-bond acceptors (Lipinski definition) is 5. The number of hydrogen-bond donors (Lipinski definition) is 1. The Morgan fingerprint density at radius 1 is 1.53 bits per heavy atom. The van der Waals surface area contributed by atoms with Crippen molar-refractivity contribution in [1.29, 1.82) is 0 Å². The van der Waals surface area contributed by atoms with E-state index in [1.165, 1.54) is 12.3 Å². The third-order valence-electron chi connectivity index (χ3n) is 3.37. The van der Waals surface area contributed by atoms with Crippen LogP contribution in [0.2, 0.25) is 5.02 Å². The standard InChI is InChI=1S/C12H16ClN3O3/c1-12(17)3-2-5-15(6-4-12)11-10(16(18)19)7-9(13)8-14-11/h7-8,17H,2-6H2,1H3. The summed E-state index contributed by atoms with van der Waals surface area (Å²) in [6.45, 7) is 2.98. The predicted octanol–water partition coefficient (Wildman–Crippen LogP) is 2.38. The molecule has 0 spiro atoms. The molecule has 1 fully saturated rings. The van der Waals surface area contributed by atoms with Crippen molar-refractivity contribution in [3.63, 3.8) is 0 Å². The van der Waals surface area contributed by atoms with Gasteiger partial charge in [0, 0.05) is 25.4 Å². The van der Waals surface area contributed by atoms with Gasteiger partial charge in [0.1, 0.15) is 0 Å². The van der Waals surface area contributed by atoms with E-state index in [1.54, 1.807) is 6.92 Å². The van der Waals surface area contributed by atoms with Gasteiger partial charge in [-0.3, -0.25) is 10.1 Å². The fraction of sp³-hybridized carbons (Fsp3) is 0.583. The van der Waals surface area contributed by atoms with E-state index >= 15 is 0 Å². The minimum atomic E-state index is -0.712. The number of aliphatic hydroxyl groups is 1. The minimum Gasteiger partial charge on any atom is -0.390 e. The first-order valence-electron chi connectivity index (χ1n) is 6.16. The number of pyridine rings is 1. The zero-order chi connectivity index (χ0) is 14.0. The summed E-state index contributed by atoms with van der Waals surface area (Å²) in [5.74, 6) is 0.326. The summed E-state index contributed by atoms with van der Waals surface area (Å²) in [6.07, 6.45) is 3.43. The maximum atomic E-state index is 11.1. The summed E-state index contributed by atoms with van der Waals surface area (Å²) < 4.78 is 0. The molecule has 1 atom stereocenters. The van der Waals surface area contributed by atoms with Crippen LogP contribution in [0.4, 0.5) is 11.5 Å². The number of rotatable bonds is 2. The largest absolute Gasteiger partial charge is 0.390 e. The molecule has 7 heteroatoms. The van der Waals surface area contributed by atoms with Crippen molar-refractivity contribution in [3.05, 3.63) is 27.4 Å². The molecular formula is C12H16ClN3O3. The minimum absolute atomic E-state index is 0.0888. The van der Waals surface area contributed by atoms with Crippen LogP contribution in [0, 0.1) is 10.1 Å². The Labute approximate surface area is 116 Å². The first kappa shape index (κ1) is 14.0. The molecule has 1 aliphatic heterocycles. The Morgan fingerprint density at radius 3 is 2.95 bits per heavy atom. The Hall–Kier alpha value is -1.40. The number of nitrogens with zero attached hydrogens (tertiary/aromatic N) is 3. The molecular weight excluding hydrogens is 270 g/mol. The lowest BCUT2D eigenvalue weighted by atomic mass is 9.98. The van der Waals surface area contributed by atoms with E-state index in [-0.39, 0.29) is 10.7 Å². The van der Waals surface area contributed by atoms with Crippen LogP contribution < -0.4 is 4.90 Å². The number of nitro groups is 1. The van der Waals surface area contributed by atoms with Crippen LogP contribution in [0.3, 0.4) is 0 Å². The fourth-order valence-corrected chi connectivity index (χ4v) is 2.43. The van der Waals surface area contributed by atoms with Crippen molar-refractivity contribution >= 4 is 23.1 Å². The highest BCUT2D eigenvalue weighted by molar-refractivity contribution is 6.30. The van der Waals surface area contributed by atoms with E-state index in [0.717, 1.165) is 6.42 Å². The van der Waals surface area contributed by atoms with Crippen molar-refractivity contribution in [1.82, 2.24) is 4.98 Å². The molecule has 0 radical (unpaired) electrons. The van der Waals surface area contributed by atoms with Crippen LogP contribution in [0.15, 0.2) is 12.3 Å². The van der Waals surface area contributed by atoms with Gasteiger partial charge in [0.15, 0.2) is 0 Å². The van der Waals surface area contributed by atoms with Gasteiger partial charge in [0.25, 0.3) is 0 Å². The van der Waals surface area contributed by atoms with Crippen molar-refractivity contribution in [2.75, 3.05) is 18.0 Å². The van der Waals surface area contributed by atoms with Crippen LogP contribution in [-0.4, -0.2) is 33.7 Å². The second-order valence-corrected chi connectivity index (χ2v) is 5.53. The maximum absolute atomic E-state index is 11.1. The van der Waals surface area contributed by atoms with Gasteiger partial charge in [-0.25, -0.2) is 4.98 Å². The molecule has 19 heavy (non-hydrogen) atoms. The average molecular weight is 286 g/mol. The molecule has 1 saturated heterocycles. The molecule has 0 bridgehead atoms. The molecule has 2 heterocycles. The SMILES string of the molecule is CC1(O)CCCN(c2ncc(Cl)cc2[N+](=O)[O-])CC1. The molecule has 1 aromatic heterocycles. The van der Waals surface area contributed by atoms with E-state index in [2.05, 4.69) is 4.98 Å². The average Bonchev–Trinajstić information content (AvgIpc) is 2.50. The Morgan fingerprint density at radius 2 is 2.26 bits per heavy atom. The lowest BCUT2D eigenvalue weighted by Crippen LogP contribution is -2.29. The van der Waals surface area contributed by atoms with Crippen LogP contribution >= 0.6 is 11.6 Å². The van der Waals surface area contributed by atoms with Gasteiger partial charge in [0.05, 0.1) is 15.5 Å². The highest BCUT2D eigenvalue weighted by Crippen LogP contribution is 2.31. The second kappa shape index (κ2) is 5.30. The molecule has 1 N–H and O–H groups in total. The quantitative estimate of drug-likeness (QED) is 0.666. The first-order valence-corrected chi connectivity index (χ1v) is 6.54. The fourth-order valence-electron chi connectivity index (χ4n) is 2.27. The normalized spacial score (nSPS) is 24.1. The number of halogens is 1. The topological polar surface area (TPSA) is 79.5 Å². The third-order valence-corrected chi connectivity index (χ3v) is 3.58. The highest BCUT2D eigenvalue weighted by atomic mass is 35.5. The van der Waals surface area contributed by atoms with Crippen LogP contribution in [-0.2, 0) is 0 Å². The molecule has 0 aromatic carbocycles. The second-order valence-electron chi connectivity index (χ2n) is 5.09. The summed E-state index contributed by atoms with van der Waals surface area (Å²) in [5.41, 5.74) is -0.801. The summed E-state index contributed by atoms with van der Waals surface area (Å²) in [7, 11) is 0. The zero-order valence-electron chi connectivity index (χ0n) is 10.7. The van der Waals surface area contributed by atoms with Crippen LogP contribution in [0.1, 0.15) is 26.2 Å². The van der Waals surface area contributed by atoms with Gasteiger partial charge in [-0.05, 0) is 26.2 Å². The van der Waals surface area contributed by atoms with Crippen molar-refractivity contribution in [3.8, 4) is 0 Å². The van der Waals surface area contributed by atoms with E-state index in [9.17, 15) is 15.2 Å². The molecule has 6 nitrogen and oxygen atoms in total. The molecule has 0 saturated carbocycles. The van der Waals surface area contributed by atoms with Gasteiger partial charge in [0.2, 0.25) is 5.82 Å². The number of aromatic nitrogens is 1. The Kier molecular flexibility index (Phi) is 3.91. The van der Waals surface area contributed by atoms with Crippen molar-refractivity contribution in [2.24, 2.45) is 0 Å². The first-order chi connectivity index (χ1) is 8.89. The van der Waals surface area contributed by atoms with Crippen LogP contribution in [0.25, 0.3) is 0 Å². The third kappa shape index (κ3) is 3.33. The summed E-state index contributed by atoms with van der Waals surface area (Å²) in [4.78, 5) is 16.5. The van der Waals surface area contributed by atoms with Crippen molar-refractivity contribution in [2.45, 2.75) is 31.8 Å².